The molecule has 3 rings (SSSR count). The first kappa shape index (κ1) is 15.8. The fraction of sp³-hybridized carbons (Fsp3) is 0.375. The Kier molecular flexibility index (Phi) is 5.10. The van der Waals surface area contributed by atoms with Crippen LogP contribution in [-0.4, -0.2) is 40.2 Å². The molecule has 0 bridgehead atoms. The highest BCUT2D eigenvalue weighted by Gasteiger charge is 2.22. The van der Waals surface area contributed by atoms with Gasteiger partial charge < -0.3 is 19.7 Å². The summed E-state index contributed by atoms with van der Waals surface area (Å²) in [4.78, 5) is 10.8. The van der Waals surface area contributed by atoms with Gasteiger partial charge in [-0.3, -0.25) is 0 Å². The van der Waals surface area contributed by atoms with E-state index < -0.39 is 7.12 Å². The minimum atomic E-state index is -1.66. The Balaban J connectivity index is 1.80. The normalized spacial score (nSPS) is 14.6. The number of rotatable bonds is 5. The SMILES string of the molecule is OB(O)c1cnc(N2CCCCC2)nc1OCc1ccccc1. The van der Waals surface area contributed by atoms with E-state index in [-0.39, 0.29) is 11.3 Å². The van der Waals surface area contributed by atoms with E-state index in [0.717, 1.165) is 31.5 Å². The lowest BCUT2D eigenvalue weighted by atomic mass is 9.82. The average Bonchev–Trinajstić information content (AvgIpc) is 2.61. The molecule has 0 radical (unpaired) electrons. The lowest BCUT2D eigenvalue weighted by Crippen LogP contribution is -2.35. The predicted molar refractivity (Wildman–Crippen MR) is 88.7 cm³/mol. The summed E-state index contributed by atoms with van der Waals surface area (Å²) >= 11 is 0. The third-order valence-electron chi connectivity index (χ3n) is 3.90. The molecule has 1 aliphatic rings. The molecule has 2 aromatic rings. The molecule has 120 valence electrons. The van der Waals surface area contributed by atoms with Crippen molar-refractivity contribution < 1.29 is 14.8 Å². The van der Waals surface area contributed by atoms with Crippen molar-refractivity contribution in [3.8, 4) is 5.88 Å². The molecule has 0 amide bonds. The fourth-order valence-electron chi connectivity index (χ4n) is 2.63. The van der Waals surface area contributed by atoms with Crippen molar-refractivity contribution in [3.05, 3.63) is 42.1 Å². The Morgan fingerprint density at radius 3 is 2.52 bits per heavy atom. The van der Waals surface area contributed by atoms with Gasteiger partial charge in [0.05, 0.1) is 5.46 Å². The van der Waals surface area contributed by atoms with E-state index in [2.05, 4.69) is 14.9 Å². The molecule has 23 heavy (non-hydrogen) atoms. The van der Waals surface area contributed by atoms with Crippen LogP contribution < -0.4 is 15.1 Å². The van der Waals surface area contributed by atoms with Crippen molar-refractivity contribution in [2.45, 2.75) is 25.9 Å². The maximum Gasteiger partial charge on any atom is 0.495 e. The van der Waals surface area contributed by atoms with Crippen molar-refractivity contribution in [3.63, 3.8) is 0 Å². The quantitative estimate of drug-likeness (QED) is 0.792. The number of benzene rings is 1. The number of hydrogen-bond acceptors (Lipinski definition) is 6. The maximum atomic E-state index is 9.48. The van der Waals surface area contributed by atoms with Crippen LogP contribution in [0.2, 0.25) is 0 Å². The summed E-state index contributed by atoms with van der Waals surface area (Å²) < 4.78 is 5.72. The molecule has 6 nitrogen and oxygen atoms in total. The van der Waals surface area contributed by atoms with Crippen LogP contribution in [0.1, 0.15) is 24.8 Å². The van der Waals surface area contributed by atoms with Gasteiger partial charge in [0.1, 0.15) is 6.61 Å². The first-order valence-electron chi connectivity index (χ1n) is 7.89. The van der Waals surface area contributed by atoms with Crippen molar-refractivity contribution in [1.29, 1.82) is 0 Å². The Morgan fingerprint density at radius 1 is 1.09 bits per heavy atom. The lowest BCUT2D eigenvalue weighted by Gasteiger charge is -2.27. The lowest BCUT2D eigenvalue weighted by molar-refractivity contribution is 0.294. The summed E-state index contributed by atoms with van der Waals surface area (Å²) in [6.45, 7) is 2.15. The topological polar surface area (TPSA) is 78.7 Å². The number of hydrogen-bond donors (Lipinski definition) is 2. The van der Waals surface area contributed by atoms with Gasteiger partial charge in [0.15, 0.2) is 0 Å². The van der Waals surface area contributed by atoms with Crippen LogP contribution in [0, 0.1) is 0 Å². The number of ether oxygens (including phenoxy) is 1. The van der Waals surface area contributed by atoms with Gasteiger partial charge in [0, 0.05) is 19.3 Å². The zero-order valence-corrected chi connectivity index (χ0v) is 12.9. The molecular formula is C16H20BN3O3. The van der Waals surface area contributed by atoms with Gasteiger partial charge in [-0.25, -0.2) is 4.98 Å². The third-order valence-corrected chi connectivity index (χ3v) is 3.90. The molecule has 0 saturated carbocycles. The number of piperidine rings is 1. The van der Waals surface area contributed by atoms with E-state index in [1.807, 2.05) is 30.3 Å². The first-order chi connectivity index (χ1) is 11.2. The van der Waals surface area contributed by atoms with Crippen LogP contribution in [0.4, 0.5) is 5.95 Å². The van der Waals surface area contributed by atoms with E-state index in [4.69, 9.17) is 4.74 Å². The maximum absolute atomic E-state index is 9.48. The monoisotopic (exact) mass is 313 g/mol. The van der Waals surface area contributed by atoms with Crippen molar-refractivity contribution in [1.82, 2.24) is 9.97 Å². The molecule has 1 aromatic carbocycles. The highest BCUT2D eigenvalue weighted by molar-refractivity contribution is 6.59. The third kappa shape index (κ3) is 4.00. The smallest absolute Gasteiger partial charge is 0.473 e. The van der Waals surface area contributed by atoms with E-state index in [0.29, 0.717) is 12.6 Å². The number of nitrogens with zero attached hydrogens (tertiary/aromatic N) is 3. The molecule has 1 saturated heterocycles. The molecular weight excluding hydrogens is 293 g/mol. The second-order valence-corrected chi connectivity index (χ2v) is 5.63. The Hall–Kier alpha value is -2.12. The second kappa shape index (κ2) is 7.43. The van der Waals surface area contributed by atoms with Gasteiger partial charge in [-0.2, -0.15) is 4.98 Å². The van der Waals surface area contributed by atoms with Crippen LogP contribution in [-0.2, 0) is 6.61 Å². The number of anilines is 1. The van der Waals surface area contributed by atoms with Crippen LogP contribution in [0.5, 0.6) is 5.88 Å². The minimum absolute atomic E-state index is 0.182. The minimum Gasteiger partial charge on any atom is -0.473 e. The van der Waals surface area contributed by atoms with Gasteiger partial charge in [-0.05, 0) is 24.8 Å². The molecule has 2 heterocycles. The summed E-state index contributed by atoms with van der Waals surface area (Å²) in [5.74, 6) is 0.802. The van der Waals surface area contributed by atoms with E-state index in [1.54, 1.807) is 0 Å². The van der Waals surface area contributed by atoms with Crippen molar-refractivity contribution in [2.75, 3.05) is 18.0 Å². The summed E-state index contributed by atoms with van der Waals surface area (Å²) in [5, 5.41) is 19.0. The summed E-state index contributed by atoms with van der Waals surface area (Å²) in [5.41, 5.74) is 1.17. The Labute approximate surface area is 135 Å². The molecule has 0 aliphatic carbocycles. The predicted octanol–water partition coefficient (Wildman–Crippen LogP) is 0.726. The molecule has 7 heteroatoms. The van der Waals surface area contributed by atoms with Crippen LogP contribution in [0.3, 0.4) is 0 Å². The zero-order chi connectivity index (χ0) is 16.1. The van der Waals surface area contributed by atoms with Gasteiger partial charge in [0.2, 0.25) is 11.8 Å². The van der Waals surface area contributed by atoms with E-state index in [9.17, 15) is 10.0 Å². The number of aromatic nitrogens is 2. The van der Waals surface area contributed by atoms with Crippen LogP contribution in [0.15, 0.2) is 36.5 Å². The van der Waals surface area contributed by atoms with Crippen LogP contribution >= 0.6 is 0 Å². The van der Waals surface area contributed by atoms with Gasteiger partial charge >= 0.3 is 7.12 Å². The van der Waals surface area contributed by atoms with Gasteiger partial charge in [0.25, 0.3) is 0 Å². The van der Waals surface area contributed by atoms with Crippen molar-refractivity contribution in [2.24, 2.45) is 0 Å². The summed E-state index contributed by atoms with van der Waals surface area (Å²) in [7, 11) is -1.66. The average molecular weight is 313 g/mol. The second-order valence-electron chi connectivity index (χ2n) is 5.63. The van der Waals surface area contributed by atoms with Crippen LogP contribution in [0.25, 0.3) is 0 Å². The molecule has 0 atom stereocenters. The van der Waals surface area contributed by atoms with E-state index in [1.165, 1.54) is 12.6 Å². The fourth-order valence-corrected chi connectivity index (χ4v) is 2.63. The summed E-state index contributed by atoms with van der Waals surface area (Å²) in [6, 6.07) is 9.69. The molecule has 1 aliphatic heterocycles. The van der Waals surface area contributed by atoms with Gasteiger partial charge in [-0.1, -0.05) is 30.3 Å². The Bertz CT molecular complexity index is 634. The highest BCUT2D eigenvalue weighted by Crippen LogP contribution is 2.17. The largest absolute Gasteiger partial charge is 0.495 e. The molecule has 0 spiro atoms. The zero-order valence-electron chi connectivity index (χ0n) is 12.9. The standard InChI is InChI=1S/C16H20BN3O3/c21-17(22)14-11-18-16(20-9-5-2-6-10-20)19-15(14)23-12-13-7-3-1-4-8-13/h1,3-4,7-8,11,21-22H,2,5-6,9-10,12H2. The van der Waals surface area contributed by atoms with E-state index >= 15 is 0 Å². The molecule has 1 fully saturated rings. The molecule has 1 aromatic heterocycles. The highest BCUT2D eigenvalue weighted by atomic mass is 16.5. The van der Waals surface area contributed by atoms with Crippen molar-refractivity contribution >= 4 is 18.5 Å². The molecule has 0 unspecified atom stereocenters. The first-order valence-corrected chi connectivity index (χ1v) is 7.89. The summed E-state index contributed by atoms with van der Waals surface area (Å²) in [6.07, 6.45) is 4.89. The molecule has 2 N–H and O–H groups in total. The Morgan fingerprint density at radius 2 is 1.83 bits per heavy atom. The van der Waals surface area contributed by atoms with Gasteiger partial charge in [-0.15, -0.1) is 0 Å².